The molecule has 0 atom stereocenters. The average Bonchev–Trinajstić information content (AvgIpc) is 3.18. The fourth-order valence-corrected chi connectivity index (χ4v) is 4.25. The van der Waals surface area contributed by atoms with Crippen LogP contribution >= 0.6 is 0 Å². The zero-order chi connectivity index (χ0) is 22.2. The first-order chi connectivity index (χ1) is 15.5. The van der Waals surface area contributed by atoms with E-state index in [1.165, 1.54) is 40.0 Å². The van der Waals surface area contributed by atoms with Gasteiger partial charge >= 0.3 is 0 Å². The van der Waals surface area contributed by atoms with Crippen molar-refractivity contribution < 1.29 is 13.5 Å². The van der Waals surface area contributed by atoms with E-state index in [1.807, 2.05) is 0 Å². The van der Waals surface area contributed by atoms with Crippen molar-refractivity contribution in [3.05, 3.63) is 59.4 Å². The van der Waals surface area contributed by atoms with Gasteiger partial charge in [-0.2, -0.15) is 4.98 Å². The van der Waals surface area contributed by atoms with Crippen LogP contribution in [0.15, 0.2) is 36.7 Å². The SMILES string of the molecule is Cc1cc(Nc2ncn(-c3cc(F)cc(F)c3)n2)cc(N2CCN(C3COC3)CC2)c1C. The minimum atomic E-state index is -0.659. The average molecular weight is 440 g/mol. The normalized spacial score (nSPS) is 17.4. The molecule has 2 aliphatic heterocycles. The van der Waals surface area contributed by atoms with Crippen LogP contribution in [-0.2, 0) is 4.74 Å². The van der Waals surface area contributed by atoms with E-state index >= 15 is 0 Å². The number of nitrogens with zero attached hydrogens (tertiary/aromatic N) is 5. The molecule has 5 rings (SSSR count). The van der Waals surface area contributed by atoms with E-state index < -0.39 is 11.6 Å². The van der Waals surface area contributed by atoms with Crippen LogP contribution in [0.2, 0.25) is 0 Å². The van der Waals surface area contributed by atoms with Gasteiger partial charge in [0.2, 0.25) is 5.95 Å². The Hall–Kier alpha value is -3.04. The number of halogens is 2. The number of nitrogens with one attached hydrogen (secondary N) is 1. The molecule has 0 spiro atoms. The zero-order valence-electron chi connectivity index (χ0n) is 18.2. The van der Waals surface area contributed by atoms with Crippen LogP contribution in [0.5, 0.6) is 0 Å². The lowest BCUT2D eigenvalue weighted by Gasteiger charge is -2.43. The van der Waals surface area contributed by atoms with Gasteiger partial charge in [-0.25, -0.2) is 13.5 Å². The largest absolute Gasteiger partial charge is 0.378 e. The van der Waals surface area contributed by atoms with Gasteiger partial charge in [-0.15, -0.1) is 5.10 Å². The monoisotopic (exact) mass is 440 g/mol. The first-order valence-corrected chi connectivity index (χ1v) is 10.8. The topological polar surface area (TPSA) is 58.5 Å². The molecule has 7 nitrogen and oxygen atoms in total. The molecule has 3 heterocycles. The van der Waals surface area contributed by atoms with E-state index in [0.717, 1.165) is 51.1 Å². The summed E-state index contributed by atoms with van der Waals surface area (Å²) in [4.78, 5) is 9.18. The predicted octanol–water partition coefficient (Wildman–Crippen LogP) is 3.43. The third kappa shape index (κ3) is 4.18. The molecule has 168 valence electrons. The van der Waals surface area contributed by atoms with Crippen LogP contribution in [0.25, 0.3) is 5.69 Å². The molecule has 0 unspecified atom stereocenters. The van der Waals surface area contributed by atoms with Crippen molar-refractivity contribution in [2.75, 3.05) is 49.6 Å². The zero-order valence-corrected chi connectivity index (χ0v) is 18.2. The van der Waals surface area contributed by atoms with Crippen LogP contribution in [0, 0.1) is 25.5 Å². The minimum absolute atomic E-state index is 0.276. The third-order valence-corrected chi connectivity index (χ3v) is 6.29. The molecule has 0 saturated carbocycles. The van der Waals surface area contributed by atoms with Crippen molar-refractivity contribution >= 4 is 17.3 Å². The van der Waals surface area contributed by atoms with E-state index in [-0.39, 0.29) is 5.69 Å². The van der Waals surface area contributed by atoms with Crippen LogP contribution in [0.1, 0.15) is 11.1 Å². The summed E-state index contributed by atoms with van der Waals surface area (Å²) in [5.41, 5.74) is 4.78. The number of piperazine rings is 1. The quantitative estimate of drug-likeness (QED) is 0.656. The second kappa shape index (κ2) is 8.48. The van der Waals surface area contributed by atoms with Gasteiger partial charge in [-0.1, -0.05) is 0 Å². The number of anilines is 3. The summed E-state index contributed by atoms with van der Waals surface area (Å²) in [5, 5.41) is 7.56. The highest BCUT2D eigenvalue weighted by atomic mass is 19.1. The molecular formula is C23H26F2N6O. The molecule has 0 radical (unpaired) electrons. The first-order valence-electron chi connectivity index (χ1n) is 10.8. The molecule has 0 aliphatic carbocycles. The van der Waals surface area contributed by atoms with Crippen LogP contribution in [0.4, 0.5) is 26.1 Å². The third-order valence-electron chi connectivity index (χ3n) is 6.29. The molecule has 0 bridgehead atoms. The summed E-state index contributed by atoms with van der Waals surface area (Å²) in [6, 6.07) is 8.00. The number of benzene rings is 2. The molecule has 2 aromatic carbocycles. The number of aryl methyl sites for hydroxylation is 1. The lowest BCUT2D eigenvalue weighted by atomic mass is 10.0. The lowest BCUT2D eigenvalue weighted by molar-refractivity contribution is -0.0660. The predicted molar refractivity (Wildman–Crippen MR) is 119 cm³/mol. The van der Waals surface area contributed by atoms with Gasteiger partial charge in [0, 0.05) is 43.6 Å². The van der Waals surface area contributed by atoms with Crippen LogP contribution in [-0.4, -0.2) is 65.1 Å². The maximum atomic E-state index is 13.5. The molecule has 1 aromatic heterocycles. The Bertz CT molecular complexity index is 1100. The van der Waals surface area contributed by atoms with E-state index in [4.69, 9.17) is 4.74 Å². The van der Waals surface area contributed by atoms with E-state index in [0.29, 0.717) is 12.0 Å². The molecule has 0 amide bonds. The van der Waals surface area contributed by atoms with Crippen molar-refractivity contribution in [3.63, 3.8) is 0 Å². The number of ether oxygens (including phenoxy) is 1. The maximum absolute atomic E-state index is 13.5. The summed E-state index contributed by atoms with van der Waals surface area (Å²) in [5.74, 6) is -0.957. The highest BCUT2D eigenvalue weighted by molar-refractivity contribution is 5.68. The summed E-state index contributed by atoms with van der Waals surface area (Å²) in [7, 11) is 0. The molecule has 3 aromatic rings. The molecule has 2 fully saturated rings. The van der Waals surface area contributed by atoms with E-state index in [9.17, 15) is 8.78 Å². The molecule has 32 heavy (non-hydrogen) atoms. The van der Waals surface area contributed by atoms with Gasteiger partial charge in [0.15, 0.2) is 0 Å². The standard InChI is InChI=1S/C23H26F2N6O/c1-15-7-19(27-23-26-14-31(28-23)20-9-17(24)8-18(25)10-20)11-22(16(15)2)30-5-3-29(4-6-30)21-12-32-13-21/h7-11,14,21H,3-6,12-13H2,1-2H3,(H,27,28). The number of hydrogen-bond acceptors (Lipinski definition) is 6. The van der Waals surface area contributed by atoms with Crippen molar-refractivity contribution in [2.45, 2.75) is 19.9 Å². The van der Waals surface area contributed by atoms with Crippen LogP contribution in [0.3, 0.4) is 0 Å². The summed E-state index contributed by atoms with van der Waals surface area (Å²) < 4.78 is 33.7. The fraction of sp³-hybridized carbons (Fsp3) is 0.391. The molecule has 1 N–H and O–H groups in total. The first kappa shape index (κ1) is 20.8. The lowest BCUT2D eigenvalue weighted by Crippen LogP contribution is -2.56. The second-order valence-corrected chi connectivity index (χ2v) is 8.42. The maximum Gasteiger partial charge on any atom is 0.246 e. The van der Waals surface area contributed by atoms with Crippen molar-refractivity contribution in [1.82, 2.24) is 19.7 Å². The van der Waals surface area contributed by atoms with E-state index in [2.05, 4.69) is 51.2 Å². The Morgan fingerprint density at radius 3 is 2.34 bits per heavy atom. The van der Waals surface area contributed by atoms with Gasteiger partial charge in [-0.3, -0.25) is 4.90 Å². The minimum Gasteiger partial charge on any atom is -0.378 e. The highest BCUT2D eigenvalue weighted by Gasteiger charge is 2.29. The summed E-state index contributed by atoms with van der Waals surface area (Å²) in [6.07, 6.45) is 1.43. The molecule has 2 saturated heterocycles. The number of rotatable bonds is 5. The highest BCUT2D eigenvalue weighted by Crippen LogP contribution is 2.30. The van der Waals surface area contributed by atoms with Crippen molar-refractivity contribution in [1.29, 1.82) is 0 Å². The molecule has 9 heteroatoms. The van der Waals surface area contributed by atoms with Gasteiger partial charge in [-0.05, 0) is 49.2 Å². The Morgan fingerprint density at radius 2 is 1.69 bits per heavy atom. The van der Waals surface area contributed by atoms with Gasteiger partial charge in [0.1, 0.15) is 18.0 Å². The van der Waals surface area contributed by atoms with Gasteiger partial charge in [0.05, 0.1) is 24.9 Å². The molecule has 2 aliphatic rings. The fourth-order valence-electron chi connectivity index (χ4n) is 4.25. The Morgan fingerprint density at radius 1 is 0.969 bits per heavy atom. The van der Waals surface area contributed by atoms with Crippen LogP contribution < -0.4 is 10.2 Å². The van der Waals surface area contributed by atoms with Gasteiger partial charge < -0.3 is 15.0 Å². The van der Waals surface area contributed by atoms with Crippen molar-refractivity contribution in [2.24, 2.45) is 0 Å². The summed E-state index contributed by atoms with van der Waals surface area (Å²) >= 11 is 0. The van der Waals surface area contributed by atoms with E-state index in [1.54, 1.807) is 0 Å². The second-order valence-electron chi connectivity index (χ2n) is 8.42. The molecular weight excluding hydrogens is 414 g/mol. The van der Waals surface area contributed by atoms with Gasteiger partial charge in [0.25, 0.3) is 0 Å². The Balaban J connectivity index is 1.33. The Kier molecular flexibility index (Phi) is 5.52. The Labute approximate surface area is 185 Å². The smallest absolute Gasteiger partial charge is 0.246 e. The number of hydrogen-bond donors (Lipinski definition) is 1. The van der Waals surface area contributed by atoms with Crippen molar-refractivity contribution in [3.8, 4) is 5.69 Å². The summed E-state index contributed by atoms with van der Waals surface area (Å²) in [6.45, 7) is 9.93. The number of aromatic nitrogens is 3.